The molecule has 0 spiro atoms. The van der Waals surface area contributed by atoms with Gasteiger partial charge in [-0.25, -0.2) is 0 Å². The van der Waals surface area contributed by atoms with E-state index in [9.17, 15) is 47.4 Å². The second-order valence-corrected chi connectivity index (χ2v) is 8.99. The van der Waals surface area contributed by atoms with Crippen LogP contribution in [0.15, 0.2) is 47.5 Å². The number of hydrogen-bond acceptors (Lipinski definition) is 7. The highest BCUT2D eigenvalue weighted by molar-refractivity contribution is 7.20. The molecule has 0 N–H and O–H groups in total. The van der Waals surface area contributed by atoms with Crippen LogP contribution in [0.1, 0.15) is 22.3 Å². The van der Waals surface area contributed by atoms with Crippen LogP contribution in [0, 0.1) is 45.3 Å². The van der Waals surface area contributed by atoms with E-state index in [4.69, 9.17) is 0 Å². The van der Waals surface area contributed by atoms with Crippen LogP contribution in [0.2, 0.25) is 0 Å². The molecule has 2 aromatic carbocycles. The van der Waals surface area contributed by atoms with Gasteiger partial charge in [0.25, 0.3) is 0 Å². The zero-order valence-corrected chi connectivity index (χ0v) is 19.6. The monoisotopic (exact) mass is 552 g/mol. The molecule has 1 aromatic heterocycles. The fourth-order valence-corrected chi connectivity index (χ4v) is 5.99. The van der Waals surface area contributed by atoms with Crippen molar-refractivity contribution in [2.24, 2.45) is 0 Å². The maximum atomic E-state index is 12.9. The Morgan fingerprint density at radius 1 is 0.590 bits per heavy atom. The average molecular weight is 552 g/mol. The van der Waals surface area contributed by atoms with Crippen molar-refractivity contribution in [1.29, 1.82) is 21.0 Å². The Morgan fingerprint density at radius 3 is 1.26 bits per heavy atom. The molecule has 0 bridgehead atoms. The maximum absolute atomic E-state index is 12.9. The van der Waals surface area contributed by atoms with E-state index in [1.165, 1.54) is 12.1 Å². The molecule has 1 heterocycles. The van der Waals surface area contributed by atoms with Crippen LogP contribution in [0.25, 0.3) is 32.0 Å². The summed E-state index contributed by atoms with van der Waals surface area (Å²) in [5.41, 5.74) is 0.231. The van der Waals surface area contributed by atoms with Gasteiger partial charge in [-0.1, -0.05) is 0 Å². The van der Waals surface area contributed by atoms with Crippen molar-refractivity contribution >= 4 is 22.5 Å². The summed E-state index contributed by atoms with van der Waals surface area (Å²) in [7, 11) is 0. The molecule has 6 nitrogen and oxygen atoms in total. The highest BCUT2D eigenvalue weighted by Crippen LogP contribution is 2.61. The number of ether oxygens (including phenoxy) is 2. The van der Waals surface area contributed by atoms with Crippen LogP contribution in [-0.2, 0) is 0 Å². The number of thiophene rings is 1. The number of halogens is 6. The second kappa shape index (κ2) is 8.66. The molecule has 0 unspecified atom stereocenters. The zero-order chi connectivity index (χ0) is 28.3. The van der Waals surface area contributed by atoms with E-state index in [1.54, 1.807) is 24.3 Å². The van der Waals surface area contributed by atoms with Crippen LogP contribution in [0.4, 0.5) is 26.3 Å². The van der Waals surface area contributed by atoms with Crippen LogP contribution in [0.5, 0.6) is 11.5 Å². The van der Waals surface area contributed by atoms with Crippen LogP contribution in [0.3, 0.4) is 0 Å². The summed E-state index contributed by atoms with van der Waals surface area (Å²) in [5, 5.41) is 38.7. The molecule has 0 radical (unpaired) electrons. The fraction of sp³-hybridized carbons (Fsp3) is 0.0769. The minimum Gasteiger partial charge on any atom is -0.406 e. The SMILES string of the molecule is N#CC(C#N)=C1c2cc(OC(F)(F)F)ccc2-c2sc3c(c21)C(=C(C#N)C#N)c1cc(OC(F)(F)F)ccc1-3. The van der Waals surface area contributed by atoms with E-state index < -0.39 is 35.4 Å². The van der Waals surface area contributed by atoms with Crippen molar-refractivity contribution in [3.05, 3.63) is 69.8 Å². The Kier molecular flexibility index (Phi) is 5.64. The summed E-state index contributed by atoms with van der Waals surface area (Å²) in [6.07, 6.45) is -10.0. The molecule has 0 amide bonds. The molecule has 0 saturated carbocycles. The summed E-state index contributed by atoms with van der Waals surface area (Å²) in [5.74, 6) is -1.22. The fourth-order valence-electron chi connectivity index (χ4n) is 4.60. The lowest BCUT2D eigenvalue weighted by Crippen LogP contribution is -2.17. The summed E-state index contributed by atoms with van der Waals surface area (Å²) in [6, 6.07) is 13.7. The van der Waals surface area contributed by atoms with Crippen molar-refractivity contribution in [3.8, 4) is 56.7 Å². The maximum Gasteiger partial charge on any atom is 0.573 e. The molecule has 2 aliphatic rings. The van der Waals surface area contributed by atoms with Crippen molar-refractivity contribution < 1.29 is 35.8 Å². The molecule has 0 fully saturated rings. The lowest BCUT2D eigenvalue weighted by atomic mass is 9.92. The number of benzene rings is 2. The minimum absolute atomic E-state index is 0.0533. The summed E-state index contributed by atoms with van der Waals surface area (Å²) in [6.45, 7) is 0. The lowest BCUT2D eigenvalue weighted by molar-refractivity contribution is -0.275. The van der Waals surface area contributed by atoms with E-state index >= 15 is 0 Å². The van der Waals surface area contributed by atoms with Gasteiger partial charge < -0.3 is 9.47 Å². The number of alkyl halides is 6. The normalized spacial score (nSPS) is 12.7. The van der Waals surface area contributed by atoms with Gasteiger partial charge in [0.1, 0.15) is 46.9 Å². The first kappa shape index (κ1) is 25.4. The van der Waals surface area contributed by atoms with Crippen molar-refractivity contribution in [1.82, 2.24) is 0 Å². The van der Waals surface area contributed by atoms with Crippen LogP contribution in [-0.4, -0.2) is 12.7 Å². The Bertz CT molecular complexity index is 1670. The first-order valence-electron chi connectivity index (χ1n) is 10.5. The molecule has 0 atom stereocenters. The molecular formula is C26H6F6N4O2S. The summed E-state index contributed by atoms with van der Waals surface area (Å²) >= 11 is 1.09. The van der Waals surface area contributed by atoms with Gasteiger partial charge in [0, 0.05) is 43.2 Å². The quantitative estimate of drug-likeness (QED) is 0.169. The van der Waals surface area contributed by atoms with E-state index in [2.05, 4.69) is 9.47 Å². The molecule has 5 rings (SSSR count). The van der Waals surface area contributed by atoms with Crippen molar-refractivity contribution in [3.63, 3.8) is 0 Å². The van der Waals surface area contributed by atoms with E-state index in [0.29, 0.717) is 20.9 Å². The van der Waals surface area contributed by atoms with Crippen LogP contribution < -0.4 is 9.47 Å². The smallest absolute Gasteiger partial charge is 0.406 e. The number of allylic oxidation sites excluding steroid dienone is 2. The molecule has 3 aromatic rings. The Hall–Kier alpha value is -5.24. The molecule has 190 valence electrons. The highest BCUT2D eigenvalue weighted by Gasteiger charge is 2.41. The van der Waals surface area contributed by atoms with Crippen molar-refractivity contribution in [2.45, 2.75) is 12.7 Å². The Balaban J connectivity index is 1.83. The predicted octanol–water partition coefficient (Wildman–Crippen LogP) is 7.20. The van der Waals surface area contributed by atoms with E-state index in [-0.39, 0.29) is 33.4 Å². The predicted molar refractivity (Wildman–Crippen MR) is 123 cm³/mol. The number of nitriles is 4. The molecular weight excluding hydrogens is 546 g/mol. The van der Waals surface area contributed by atoms with Gasteiger partial charge in [-0.3, -0.25) is 0 Å². The van der Waals surface area contributed by atoms with Gasteiger partial charge in [0.05, 0.1) is 0 Å². The first-order valence-corrected chi connectivity index (χ1v) is 11.3. The Labute approximate surface area is 218 Å². The molecule has 39 heavy (non-hydrogen) atoms. The molecule has 13 heteroatoms. The minimum atomic E-state index is -5.02. The van der Waals surface area contributed by atoms with Gasteiger partial charge in [-0.05, 0) is 47.5 Å². The molecule has 2 aliphatic carbocycles. The van der Waals surface area contributed by atoms with Gasteiger partial charge in [0.2, 0.25) is 0 Å². The summed E-state index contributed by atoms with van der Waals surface area (Å²) in [4.78, 5) is 0.862. The van der Waals surface area contributed by atoms with E-state index in [1.807, 2.05) is 0 Å². The number of fused-ring (bicyclic) bond motifs is 7. The van der Waals surface area contributed by atoms with E-state index in [0.717, 1.165) is 35.6 Å². The number of nitrogens with zero attached hydrogens (tertiary/aromatic N) is 4. The summed E-state index contributed by atoms with van der Waals surface area (Å²) < 4.78 is 85.3. The molecule has 0 saturated heterocycles. The second-order valence-electron chi connectivity index (χ2n) is 7.97. The van der Waals surface area contributed by atoms with Crippen molar-refractivity contribution in [2.75, 3.05) is 0 Å². The standard InChI is InChI=1S/C26H6F6N4O2S/c27-25(28,29)37-13-1-3-15-17(5-13)19(11(7-33)8-34)21-22-20(12(9-35)10-36)18-6-14(38-26(30,31)32)2-4-16(18)24(22)39-23(15)21/h1-6H. The third-order valence-corrected chi connectivity index (χ3v) is 7.09. The highest BCUT2D eigenvalue weighted by atomic mass is 32.1. The van der Waals surface area contributed by atoms with Gasteiger partial charge in [-0.2, -0.15) is 21.0 Å². The molecule has 0 aliphatic heterocycles. The topological polar surface area (TPSA) is 114 Å². The largest absolute Gasteiger partial charge is 0.573 e. The van der Waals surface area contributed by atoms with Gasteiger partial charge in [0.15, 0.2) is 0 Å². The number of hydrogen-bond donors (Lipinski definition) is 0. The third kappa shape index (κ3) is 4.12. The van der Waals surface area contributed by atoms with Gasteiger partial charge in [-0.15, -0.1) is 37.7 Å². The first-order chi connectivity index (χ1) is 18.4. The third-order valence-electron chi connectivity index (χ3n) is 5.83. The lowest BCUT2D eigenvalue weighted by Gasteiger charge is -2.12. The zero-order valence-electron chi connectivity index (χ0n) is 18.7. The number of rotatable bonds is 2. The van der Waals surface area contributed by atoms with Crippen LogP contribution >= 0.6 is 11.3 Å². The van der Waals surface area contributed by atoms with Gasteiger partial charge >= 0.3 is 12.7 Å². The Morgan fingerprint density at radius 2 is 0.949 bits per heavy atom. The average Bonchev–Trinajstić information content (AvgIpc) is 3.46.